The third-order valence-corrected chi connectivity index (χ3v) is 6.48. The summed E-state index contributed by atoms with van der Waals surface area (Å²) in [5.74, 6) is 13.8. The van der Waals surface area contributed by atoms with E-state index in [0.29, 0.717) is 0 Å². The summed E-state index contributed by atoms with van der Waals surface area (Å²) in [7, 11) is 0. The van der Waals surface area contributed by atoms with Crippen LogP contribution in [0, 0.1) is 23.7 Å². The SMILES string of the molecule is CCCCCCCCCCCCCCOc1ccc(C#Cc2ccc(C#Cc3ccccc3)cc2)cc1. The van der Waals surface area contributed by atoms with Gasteiger partial charge in [0.2, 0.25) is 0 Å². The Morgan fingerprint density at radius 1 is 0.432 bits per heavy atom. The number of benzene rings is 3. The molecule has 1 nitrogen and oxygen atoms in total. The first-order valence-corrected chi connectivity index (χ1v) is 14.3. The van der Waals surface area contributed by atoms with Gasteiger partial charge in [0.15, 0.2) is 0 Å². The van der Waals surface area contributed by atoms with E-state index < -0.39 is 0 Å². The third-order valence-electron chi connectivity index (χ3n) is 6.48. The molecule has 192 valence electrons. The summed E-state index contributed by atoms with van der Waals surface area (Å²) in [5, 5.41) is 0. The van der Waals surface area contributed by atoms with Gasteiger partial charge in [-0.15, -0.1) is 0 Å². The minimum absolute atomic E-state index is 0.794. The average molecular weight is 491 g/mol. The number of unbranched alkanes of at least 4 members (excludes halogenated alkanes) is 11. The number of hydrogen-bond donors (Lipinski definition) is 0. The zero-order valence-corrected chi connectivity index (χ0v) is 22.6. The summed E-state index contributed by atoms with van der Waals surface area (Å²) in [6.45, 7) is 3.08. The lowest BCUT2D eigenvalue weighted by Crippen LogP contribution is -1.97. The highest BCUT2D eigenvalue weighted by molar-refractivity contribution is 5.48. The van der Waals surface area contributed by atoms with Crippen LogP contribution in [0.3, 0.4) is 0 Å². The van der Waals surface area contributed by atoms with Gasteiger partial charge < -0.3 is 4.74 Å². The Labute approximate surface area is 225 Å². The van der Waals surface area contributed by atoms with Crippen molar-refractivity contribution in [3.05, 3.63) is 101 Å². The fourth-order valence-corrected chi connectivity index (χ4v) is 4.21. The van der Waals surface area contributed by atoms with E-state index in [4.69, 9.17) is 4.74 Å². The van der Waals surface area contributed by atoms with Crippen LogP contribution < -0.4 is 4.74 Å². The maximum absolute atomic E-state index is 5.92. The molecule has 0 N–H and O–H groups in total. The minimum atomic E-state index is 0.794. The van der Waals surface area contributed by atoms with Crippen LogP contribution in [0.1, 0.15) is 106 Å². The Balaban J connectivity index is 1.28. The Bertz CT molecular complexity index is 1120. The van der Waals surface area contributed by atoms with Gasteiger partial charge in [0, 0.05) is 22.3 Å². The number of ether oxygens (including phenoxy) is 1. The van der Waals surface area contributed by atoms with E-state index in [0.717, 1.165) is 41.0 Å². The van der Waals surface area contributed by atoms with Crippen molar-refractivity contribution in [3.8, 4) is 29.4 Å². The van der Waals surface area contributed by atoms with E-state index in [1.165, 1.54) is 70.6 Å². The second-order valence-electron chi connectivity index (χ2n) is 9.71. The fourth-order valence-electron chi connectivity index (χ4n) is 4.21. The molecule has 37 heavy (non-hydrogen) atoms. The summed E-state index contributed by atoms with van der Waals surface area (Å²) in [6.07, 6.45) is 16.3. The van der Waals surface area contributed by atoms with E-state index in [1.54, 1.807) is 0 Å². The molecular formula is C36H42O. The molecule has 3 rings (SSSR count). The molecule has 0 saturated heterocycles. The molecule has 0 aromatic heterocycles. The molecule has 0 atom stereocenters. The molecule has 0 aliphatic heterocycles. The molecule has 0 bridgehead atoms. The summed E-state index contributed by atoms with van der Waals surface area (Å²) >= 11 is 0. The van der Waals surface area contributed by atoms with Crippen molar-refractivity contribution in [1.82, 2.24) is 0 Å². The first-order chi connectivity index (χ1) is 18.3. The van der Waals surface area contributed by atoms with Crippen LogP contribution >= 0.6 is 0 Å². The smallest absolute Gasteiger partial charge is 0.119 e. The maximum atomic E-state index is 5.92. The van der Waals surface area contributed by atoms with Crippen molar-refractivity contribution in [2.24, 2.45) is 0 Å². The average Bonchev–Trinajstić information content (AvgIpc) is 2.95. The van der Waals surface area contributed by atoms with Gasteiger partial charge in [0.1, 0.15) is 5.75 Å². The summed E-state index contributed by atoms with van der Waals surface area (Å²) in [5.41, 5.74) is 3.99. The Morgan fingerprint density at radius 2 is 0.811 bits per heavy atom. The highest BCUT2D eigenvalue weighted by Gasteiger charge is 1.97. The van der Waals surface area contributed by atoms with Gasteiger partial charge in [-0.3, -0.25) is 0 Å². The summed E-state index contributed by atoms with van der Waals surface area (Å²) in [4.78, 5) is 0. The predicted octanol–water partition coefficient (Wildman–Crippen LogP) is 9.57. The first kappa shape index (κ1) is 28.2. The molecule has 3 aromatic rings. The monoisotopic (exact) mass is 490 g/mol. The lowest BCUT2D eigenvalue weighted by Gasteiger charge is -2.06. The third kappa shape index (κ3) is 12.4. The fraction of sp³-hybridized carbons (Fsp3) is 0.389. The lowest BCUT2D eigenvalue weighted by molar-refractivity contribution is 0.304. The van der Waals surface area contributed by atoms with Crippen LogP contribution in [-0.4, -0.2) is 6.61 Å². The van der Waals surface area contributed by atoms with Crippen molar-refractivity contribution in [2.45, 2.75) is 84.0 Å². The molecule has 0 aliphatic rings. The van der Waals surface area contributed by atoms with Crippen LogP contribution in [0.25, 0.3) is 0 Å². The normalized spacial score (nSPS) is 10.2. The van der Waals surface area contributed by atoms with Crippen molar-refractivity contribution in [3.63, 3.8) is 0 Å². The predicted molar refractivity (Wildman–Crippen MR) is 158 cm³/mol. The molecule has 0 fully saturated rings. The minimum Gasteiger partial charge on any atom is -0.494 e. The molecule has 0 aliphatic carbocycles. The van der Waals surface area contributed by atoms with Crippen LogP contribution in [0.2, 0.25) is 0 Å². The molecule has 0 unspecified atom stereocenters. The van der Waals surface area contributed by atoms with Gasteiger partial charge >= 0.3 is 0 Å². The number of rotatable bonds is 14. The van der Waals surface area contributed by atoms with E-state index in [-0.39, 0.29) is 0 Å². The zero-order chi connectivity index (χ0) is 25.8. The van der Waals surface area contributed by atoms with Crippen molar-refractivity contribution in [2.75, 3.05) is 6.61 Å². The van der Waals surface area contributed by atoms with E-state index in [2.05, 4.69) is 30.6 Å². The molecule has 0 radical (unpaired) electrons. The van der Waals surface area contributed by atoms with Crippen LogP contribution in [0.15, 0.2) is 78.9 Å². The van der Waals surface area contributed by atoms with E-state index >= 15 is 0 Å². The zero-order valence-electron chi connectivity index (χ0n) is 22.6. The van der Waals surface area contributed by atoms with E-state index in [9.17, 15) is 0 Å². The second kappa shape index (κ2) is 17.9. The molecule has 0 heterocycles. The van der Waals surface area contributed by atoms with Gasteiger partial charge in [0.25, 0.3) is 0 Å². The standard InChI is InChI=1S/C36H42O/c1-2-3-4-5-6-7-8-9-10-11-12-16-31-37-36-29-27-35(28-30-36)26-25-34-23-21-33(22-24-34)20-19-32-17-14-13-15-18-32/h13-15,17-18,21-24,27-30H,2-12,16,31H2,1H3. The van der Waals surface area contributed by atoms with Crippen LogP contribution in [0.4, 0.5) is 0 Å². The molecule has 0 amide bonds. The Hall–Kier alpha value is -3.42. The van der Waals surface area contributed by atoms with Crippen LogP contribution in [0.5, 0.6) is 5.75 Å². The highest BCUT2D eigenvalue weighted by Crippen LogP contribution is 2.14. The molecule has 1 heteroatoms. The van der Waals surface area contributed by atoms with Crippen molar-refractivity contribution >= 4 is 0 Å². The lowest BCUT2D eigenvalue weighted by atomic mass is 10.1. The quantitative estimate of drug-likeness (QED) is 0.161. The number of hydrogen-bond acceptors (Lipinski definition) is 1. The van der Waals surface area contributed by atoms with Gasteiger partial charge in [-0.2, -0.15) is 0 Å². The van der Waals surface area contributed by atoms with Gasteiger partial charge in [-0.25, -0.2) is 0 Å². The first-order valence-electron chi connectivity index (χ1n) is 14.3. The van der Waals surface area contributed by atoms with E-state index in [1.807, 2.05) is 78.9 Å². The maximum Gasteiger partial charge on any atom is 0.119 e. The largest absolute Gasteiger partial charge is 0.494 e. The molecule has 0 saturated carbocycles. The summed E-state index contributed by atoms with van der Waals surface area (Å²) < 4.78 is 5.92. The molecule has 0 spiro atoms. The van der Waals surface area contributed by atoms with Crippen molar-refractivity contribution < 1.29 is 4.74 Å². The Kier molecular flexibility index (Phi) is 13.6. The highest BCUT2D eigenvalue weighted by atomic mass is 16.5. The molecular weight excluding hydrogens is 448 g/mol. The van der Waals surface area contributed by atoms with Gasteiger partial charge in [-0.05, 0) is 67.1 Å². The van der Waals surface area contributed by atoms with Crippen molar-refractivity contribution in [1.29, 1.82) is 0 Å². The Morgan fingerprint density at radius 3 is 1.27 bits per heavy atom. The summed E-state index contributed by atoms with van der Waals surface area (Å²) in [6, 6.07) is 26.2. The van der Waals surface area contributed by atoms with Gasteiger partial charge in [0.05, 0.1) is 6.61 Å². The molecule has 3 aromatic carbocycles. The second-order valence-corrected chi connectivity index (χ2v) is 9.71. The van der Waals surface area contributed by atoms with Gasteiger partial charge in [-0.1, -0.05) is 119 Å². The van der Waals surface area contributed by atoms with Crippen LogP contribution in [-0.2, 0) is 0 Å². The topological polar surface area (TPSA) is 9.23 Å².